The summed E-state index contributed by atoms with van der Waals surface area (Å²) in [5.74, 6) is -0.181. The molecule has 1 amide bonds. The third-order valence-electron chi connectivity index (χ3n) is 4.31. The first-order valence-electron chi connectivity index (χ1n) is 8.60. The number of hydrogen-bond donors (Lipinski definition) is 0. The number of fused-ring (bicyclic) bond motifs is 1. The summed E-state index contributed by atoms with van der Waals surface area (Å²) in [6.07, 6.45) is 2.52. The van der Waals surface area contributed by atoms with Gasteiger partial charge in [0.05, 0.1) is 6.20 Å². The quantitative estimate of drug-likeness (QED) is 0.523. The van der Waals surface area contributed by atoms with Gasteiger partial charge in [-0.1, -0.05) is 41.6 Å². The maximum absolute atomic E-state index is 12.6. The molecule has 0 saturated heterocycles. The van der Waals surface area contributed by atoms with Crippen molar-refractivity contribution in [2.45, 2.75) is 19.5 Å². The summed E-state index contributed by atoms with van der Waals surface area (Å²) < 4.78 is 6.39. The average molecular weight is 362 g/mol. The molecule has 8 heteroatoms. The lowest BCUT2D eigenvalue weighted by atomic mass is 10.1. The maximum Gasteiger partial charge on any atom is 0.276 e. The molecule has 8 nitrogen and oxygen atoms in total. The monoisotopic (exact) mass is 362 g/mol. The van der Waals surface area contributed by atoms with E-state index in [2.05, 4.69) is 32.8 Å². The van der Waals surface area contributed by atoms with Gasteiger partial charge in [0.25, 0.3) is 5.91 Å². The molecule has 0 atom stereocenters. The second kappa shape index (κ2) is 7.36. The molecule has 0 fully saturated rings. The number of amides is 1. The van der Waals surface area contributed by atoms with Crippen molar-refractivity contribution in [3.8, 4) is 0 Å². The highest BCUT2D eigenvalue weighted by molar-refractivity contribution is 5.91. The van der Waals surface area contributed by atoms with Gasteiger partial charge in [-0.15, -0.1) is 5.10 Å². The molecule has 0 saturated carbocycles. The van der Waals surface area contributed by atoms with Crippen molar-refractivity contribution in [1.29, 1.82) is 0 Å². The van der Waals surface area contributed by atoms with Crippen LogP contribution in [0.5, 0.6) is 0 Å². The van der Waals surface area contributed by atoms with E-state index >= 15 is 0 Å². The predicted octanol–water partition coefficient (Wildman–Crippen LogP) is 2.33. The summed E-state index contributed by atoms with van der Waals surface area (Å²) in [6, 6.07) is 15.7. The van der Waals surface area contributed by atoms with Crippen molar-refractivity contribution >= 4 is 16.9 Å². The molecule has 0 aliphatic heterocycles. The lowest BCUT2D eigenvalue weighted by molar-refractivity contribution is 0.0779. The highest BCUT2D eigenvalue weighted by Crippen LogP contribution is 2.14. The van der Waals surface area contributed by atoms with Gasteiger partial charge in [0.2, 0.25) is 0 Å². The molecule has 4 rings (SSSR count). The number of nitrogens with zero attached hydrogens (tertiary/aromatic N) is 6. The molecule has 0 aliphatic carbocycles. The van der Waals surface area contributed by atoms with Gasteiger partial charge in [0.1, 0.15) is 11.0 Å². The van der Waals surface area contributed by atoms with Crippen molar-refractivity contribution in [2.75, 3.05) is 7.05 Å². The largest absolute Gasteiger partial charge is 0.336 e. The first kappa shape index (κ1) is 16.9. The van der Waals surface area contributed by atoms with Gasteiger partial charge in [-0.05, 0) is 40.0 Å². The summed E-state index contributed by atoms with van der Waals surface area (Å²) in [6.45, 7) is 1.10. The van der Waals surface area contributed by atoms with Crippen LogP contribution < -0.4 is 0 Å². The number of rotatable bonds is 6. The third-order valence-corrected chi connectivity index (χ3v) is 4.31. The number of benzene rings is 2. The molecule has 0 N–H and O–H groups in total. The van der Waals surface area contributed by atoms with Gasteiger partial charge < -0.3 is 4.90 Å². The third kappa shape index (κ3) is 3.84. The van der Waals surface area contributed by atoms with Gasteiger partial charge in [-0.25, -0.2) is 4.63 Å². The van der Waals surface area contributed by atoms with Crippen LogP contribution in [-0.4, -0.2) is 43.2 Å². The van der Waals surface area contributed by atoms with Gasteiger partial charge in [-0.2, -0.15) is 0 Å². The second-order valence-electron chi connectivity index (χ2n) is 6.35. The Balaban J connectivity index is 1.39. The van der Waals surface area contributed by atoms with E-state index in [1.165, 1.54) is 5.56 Å². The molecule has 0 radical (unpaired) electrons. The maximum atomic E-state index is 12.6. The molecule has 136 valence electrons. The Kier molecular flexibility index (Phi) is 4.61. The number of aromatic nitrogens is 5. The Morgan fingerprint density at radius 2 is 1.89 bits per heavy atom. The fourth-order valence-electron chi connectivity index (χ4n) is 2.86. The smallest absolute Gasteiger partial charge is 0.276 e. The fourth-order valence-corrected chi connectivity index (χ4v) is 2.86. The summed E-state index contributed by atoms with van der Waals surface area (Å²) in [5, 5.41) is 15.7. The molecule has 0 bridgehead atoms. The van der Waals surface area contributed by atoms with Crippen molar-refractivity contribution in [1.82, 2.24) is 30.2 Å². The normalized spacial score (nSPS) is 11.0. The molecule has 2 heterocycles. The molecule has 0 unspecified atom stereocenters. The molecule has 0 spiro atoms. The van der Waals surface area contributed by atoms with E-state index in [4.69, 9.17) is 4.63 Å². The minimum absolute atomic E-state index is 0.181. The lowest BCUT2D eigenvalue weighted by Crippen LogP contribution is -2.26. The van der Waals surface area contributed by atoms with E-state index in [1.807, 2.05) is 36.4 Å². The Hall–Kier alpha value is -3.55. The molecule has 2 aromatic heterocycles. The number of hydrogen-bond acceptors (Lipinski definition) is 6. The van der Waals surface area contributed by atoms with Crippen molar-refractivity contribution in [3.05, 3.63) is 71.5 Å². The van der Waals surface area contributed by atoms with Crippen LogP contribution in [0, 0.1) is 0 Å². The van der Waals surface area contributed by atoms with E-state index in [0.717, 1.165) is 12.0 Å². The second-order valence-corrected chi connectivity index (χ2v) is 6.35. The van der Waals surface area contributed by atoms with E-state index in [-0.39, 0.29) is 5.91 Å². The van der Waals surface area contributed by atoms with Crippen molar-refractivity contribution in [2.24, 2.45) is 0 Å². The number of aryl methyl sites for hydroxylation is 2. The Bertz CT molecular complexity index is 1060. The molecule has 2 aromatic carbocycles. The van der Waals surface area contributed by atoms with E-state index in [0.29, 0.717) is 29.8 Å². The zero-order valence-electron chi connectivity index (χ0n) is 14.8. The molecule has 0 aliphatic rings. The number of carbonyl (C=O) groups excluding carboxylic acids is 1. The van der Waals surface area contributed by atoms with Crippen LogP contribution in [0.4, 0.5) is 0 Å². The van der Waals surface area contributed by atoms with Crippen molar-refractivity contribution < 1.29 is 9.42 Å². The topological polar surface area (TPSA) is 89.9 Å². The standard InChI is InChI=1S/C19H18N6O2/c1-24(12-15-7-8-16-17(11-15)22-27-21-16)19(26)18-13-25(23-20-18)10-9-14-5-3-2-4-6-14/h2-8,11,13H,9-10,12H2,1H3. The minimum atomic E-state index is -0.181. The summed E-state index contributed by atoms with van der Waals surface area (Å²) in [5.41, 5.74) is 3.84. The van der Waals surface area contributed by atoms with Gasteiger partial charge in [-0.3, -0.25) is 9.48 Å². The fraction of sp³-hybridized carbons (Fsp3) is 0.211. The van der Waals surface area contributed by atoms with E-state index < -0.39 is 0 Å². The Morgan fingerprint density at radius 1 is 1.07 bits per heavy atom. The first-order chi connectivity index (χ1) is 13.2. The Morgan fingerprint density at radius 3 is 2.74 bits per heavy atom. The van der Waals surface area contributed by atoms with Crippen LogP contribution in [-0.2, 0) is 19.5 Å². The van der Waals surface area contributed by atoms with E-state index in [1.54, 1.807) is 22.8 Å². The molecule has 27 heavy (non-hydrogen) atoms. The molecule has 4 aromatic rings. The SMILES string of the molecule is CN(Cc1ccc2nonc2c1)C(=O)c1cn(CCc2ccccc2)nn1. The van der Waals surface area contributed by atoms with Crippen LogP contribution in [0.3, 0.4) is 0 Å². The van der Waals surface area contributed by atoms with Crippen LogP contribution in [0.1, 0.15) is 21.6 Å². The zero-order chi connectivity index (χ0) is 18.6. The lowest BCUT2D eigenvalue weighted by Gasteiger charge is -2.15. The highest BCUT2D eigenvalue weighted by Gasteiger charge is 2.16. The Labute approximate surface area is 155 Å². The zero-order valence-corrected chi connectivity index (χ0v) is 14.8. The summed E-state index contributed by atoms with van der Waals surface area (Å²) in [4.78, 5) is 14.2. The van der Waals surface area contributed by atoms with Crippen LogP contribution >= 0.6 is 0 Å². The van der Waals surface area contributed by atoms with Gasteiger partial charge in [0, 0.05) is 20.1 Å². The van der Waals surface area contributed by atoms with E-state index in [9.17, 15) is 4.79 Å². The van der Waals surface area contributed by atoms with Crippen LogP contribution in [0.15, 0.2) is 59.4 Å². The average Bonchev–Trinajstić information content (AvgIpc) is 3.35. The summed E-state index contributed by atoms with van der Waals surface area (Å²) >= 11 is 0. The first-order valence-corrected chi connectivity index (χ1v) is 8.60. The summed E-state index contributed by atoms with van der Waals surface area (Å²) in [7, 11) is 1.73. The highest BCUT2D eigenvalue weighted by atomic mass is 16.6. The predicted molar refractivity (Wildman–Crippen MR) is 97.8 cm³/mol. The number of carbonyl (C=O) groups is 1. The van der Waals surface area contributed by atoms with Gasteiger partial charge in [0.15, 0.2) is 5.69 Å². The molecular formula is C19H18N6O2. The van der Waals surface area contributed by atoms with Crippen molar-refractivity contribution in [3.63, 3.8) is 0 Å². The van der Waals surface area contributed by atoms with Crippen LogP contribution in [0.25, 0.3) is 11.0 Å². The van der Waals surface area contributed by atoms with Gasteiger partial charge >= 0.3 is 0 Å². The minimum Gasteiger partial charge on any atom is -0.336 e. The van der Waals surface area contributed by atoms with Crippen LogP contribution in [0.2, 0.25) is 0 Å². The molecular weight excluding hydrogens is 344 g/mol.